The van der Waals surface area contributed by atoms with Crippen LogP contribution in [0, 0.1) is 15.3 Å². The van der Waals surface area contributed by atoms with Gasteiger partial charge < -0.3 is 9.64 Å². The van der Waals surface area contributed by atoms with Crippen LogP contribution >= 0.6 is 22.6 Å². The lowest BCUT2D eigenvalue weighted by atomic mass is 10.0. The van der Waals surface area contributed by atoms with E-state index in [9.17, 15) is 18.8 Å². The Hall–Kier alpha value is -3.21. The molecular weight excluding hydrogens is 648 g/mol. The van der Waals surface area contributed by atoms with Gasteiger partial charge in [-0.1, -0.05) is 49.2 Å². The highest BCUT2D eigenvalue weighted by atomic mass is 127. The molecule has 0 unspecified atom stereocenters. The largest absolute Gasteiger partial charge is 0.482 e. The zero-order valence-corrected chi connectivity index (χ0v) is 26.3. The summed E-state index contributed by atoms with van der Waals surface area (Å²) in [6, 6.07) is 14.5. The van der Waals surface area contributed by atoms with Crippen molar-refractivity contribution in [1.29, 1.82) is 0 Å². The van der Waals surface area contributed by atoms with Gasteiger partial charge in [0.2, 0.25) is 5.43 Å². The Bertz CT molecular complexity index is 1500. The van der Waals surface area contributed by atoms with E-state index in [0.29, 0.717) is 37.4 Å². The SMILES string of the molecule is CCN1C(=O)c2c(OCc3ccccc3)c(=O)c(C(=O)CCCc3ccc(I)cc3F)cn2N(CC2CCCC2)[C@H]1C. The molecule has 0 radical (unpaired) electrons. The average Bonchev–Trinajstić information content (AvgIpc) is 3.50. The average molecular weight is 686 g/mol. The summed E-state index contributed by atoms with van der Waals surface area (Å²) >= 11 is 2.06. The van der Waals surface area contributed by atoms with Crippen molar-refractivity contribution in [3.8, 4) is 5.75 Å². The lowest BCUT2D eigenvalue weighted by Crippen LogP contribution is -2.61. The maximum atomic E-state index is 14.4. The summed E-state index contributed by atoms with van der Waals surface area (Å²) in [7, 11) is 0. The maximum absolute atomic E-state index is 14.4. The molecule has 0 saturated heterocycles. The number of hydrogen-bond acceptors (Lipinski definition) is 5. The van der Waals surface area contributed by atoms with E-state index in [-0.39, 0.29) is 53.7 Å². The van der Waals surface area contributed by atoms with E-state index < -0.39 is 5.43 Å². The summed E-state index contributed by atoms with van der Waals surface area (Å²) in [5.41, 5.74) is 0.956. The second kappa shape index (κ2) is 13.4. The van der Waals surface area contributed by atoms with Crippen molar-refractivity contribution < 1.29 is 18.7 Å². The van der Waals surface area contributed by atoms with Crippen LogP contribution in [0.5, 0.6) is 5.75 Å². The van der Waals surface area contributed by atoms with Crippen LogP contribution in [-0.4, -0.2) is 40.5 Å². The Morgan fingerprint density at radius 1 is 1.10 bits per heavy atom. The molecule has 5 rings (SSSR count). The van der Waals surface area contributed by atoms with Crippen molar-refractivity contribution in [2.24, 2.45) is 5.92 Å². The summed E-state index contributed by atoms with van der Waals surface area (Å²) in [5, 5.41) is 2.10. The van der Waals surface area contributed by atoms with Crippen LogP contribution < -0.4 is 15.2 Å². The van der Waals surface area contributed by atoms with Crippen molar-refractivity contribution in [2.75, 3.05) is 18.1 Å². The smallest absolute Gasteiger partial charge is 0.278 e. The minimum Gasteiger partial charge on any atom is -0.482 e. The lowest BCUT2D eigenvalue weighted by Gasteiger charge is -2.46. The number of aromatic nitrogens is 1. The number of benzene rings is 2. The topological polar surface area (TPSA) is 71.8 Å². The van der Waals surface area contributed by atoms with Crippen molar-refractivity contribution in [3.05, 3.63) is 96.7 Å². The number of pyridine rings is 1. The van der Waals surface area contributed by atoms with Gasteiger partial charge in [-0.2, -0.15) is 0 Å². The predicted octanol–water partition coefficient (Wildman–Crippen LogP) is 6.33. The first kappa shape index (κ1) is 30.3. The van der Waals surface area contributed by atoms with E-state index in [1.54, 1.807) is 15.6 Å². The van der Waals surface area contributed by atoms with E-state index in [0.717, 1.165) is 22.0 Å². The molecule has 1 aliphatic carbocycles. The minimum absolute atomic E-state index is 0.00809. The minimum atomic E-state index is -0.581. The molecule has 0 bridgehead atoms. The third kappa shape index (κ3) is 6.40. The normalized spacial score (nSPS) is 17.0. The zero-order chi connectivity index (χ0) is 29.8. The first-order valence-corrected chi connectivity index (χ1v) is 15.9. The number of aryl methyl sites for hydroxylation is 1. The van der Waals surface area contributed by atoms with Gasteiger partial charge in [-0.25, -0.2) is 4.39 Å². The fraction of sp³-hybridized carbons (Fsp3) is 0.424. The van der Waals surface area contributed by atoms with Crippen LogP contribution in [0.2, 0.25) is 0 Å². The molecular formula is C33H37FIN3O4. The first-order chi connectivity index (χ1) is 20.3. The number of ether oxygens (including phenoxy) is 1. The highest BCUT2D eigenvalue weighted by molar-refractivity contribution is 14.1. The zero-order valence-electron chi connectivity index (χ0n) is 24.2. The second-order valence-electron chi connectivity index (χ2n) is 11.2. The van der Waals surface area contributed by atoms with Gasteiger partial charge >= 0.3 is 0 Å². The molecule has 1 aliphatic heterocycles. The Labute approximate surface area is 259 Å². The maximum Gasteiger partial charge on any atom is 0.278 e. The number of fused-ring (bicyclic) bond motifs is 1. The Balaban J connectivity index is 1.51. The third-order valence-corrected chi connectivity index (χ3v) is 9.09. The quantitative estimate of drug-likeness (QED) is 0.175. The highest BCUT2D eigenvalue weighted by Crippen LogP contribution is 2.31. The molecule has 42 heavy (non-hydrogen) atoms. The van der Waals surface area contributed by atoms with Gasteiger partial charge in [-0.3, -0.25) is 24.1 Å². The summed E-state index contributed by atoms with van der Waals surface area (Å²) < 4.78 is 23.0. The number of halogens is 2. The molecule has 1 saturated carbocycles. The number of rotatable bonds is 11. The number of carbonyl (C=O) groups excluding carboxylic acids is 2. The van der Waals surface area contributed by atoms with E-state index in [1.807, 2.05) is 50.2 Å². The van der Waals surface area contributed by atoms with Crippen molar-refractivity contribution in [3.63, 3.8) is 0 Å². The summed E-state index contributed by atoms with van der Waals surface area (Å²) in [6.45, 7) is 5.18. The molecule has 0 N–H and O–H groups in total. The van der Waals surface area contributed by atoms with Gasteiger partial charge in [0.05, 0.1) is 5.56 Å². The molecule has 9 heteroatoms. The standard InChI is InChI=1S/C33H37FIN3O4/c1-3-36-22(2)37(19-23-10-7-8-11-23)38-20-27(29(39)15-9-14-25-16-17-26(35)18-28(25)34)31(40)32(30(38)33(36)41)42-21-24-12-5-4-6-13-24/h4-6,12-13,16-18,20,22-23H,3,7-11,14-15,19,21H2,1-2H3/t22-/m0/s1. The van der Waals surface area contributed by atoms with Gasteiger partial charge in [-0.05, 0) is 91.3 Å². The molecule has 222 valence electrons. The molecule has 1 atom stereocenters. The molecule has 7 nitrogen and oxygen atoms in total. The van der Waals surface area contributed by atoms with Crippen LogP contribution in [0.4, 0.5) is 4.39 Å². The van der Waals surface area contributed by atoms with Gasteiger partial charge in [-0.15, -0.1) is 0 Å². The fourth-order valence-corrected chi connectivity index (χ4v) is 6.54. The number of amides is 1. The van der Waals surface area contributed by atoms with Crippen LogP contribution in [-0.2, 0) is 13.0 Å². The molecule has 1 amide bonds. The van der Waals surface area contributed by atoms with Crippen LogP contribution in [0.15, 0.2) is 59.5 Å². The van der Waals surface area contributed by atoms with E-state index in [2.05, 4.69) is 27.6 Å². The Morgan fingerprint density at radius 3 is 2.52 bits per heavy atom. The molecule has 1 aromatic heterocycles. The van der Waals surface area contributed by atoms with E-state index in [4.69, 9.17) is 4.74 Å². The number of ketones is 1. The third-order valence-electron chi connectivity index (χ3n) is 8.42. The second-order valence-corrected chi connectivity index (χ2v) is 12.4. The highest BCUT2D eigenvalue weighted by Gasteiger charge is 2.39. The van der Waals surface area contributed by atoms with E-state index in [1.165, 1.54) is 25.1 Å². The molecule has 0 spiro atoms. The molecule has 2 heterocycles. The van der Waals surface area contributed by atoms with Crippen molar-refractivity contribution in [2.45, 2.75) is 71.6 Å². The molecule has 2 aliphatic rings. The number of hydrogen-bond donors (Lipinski definition) is 0. The first-order valence-electron chi connectivity index (χ1n) is 14.8. The Morgan fingerprint density at radius 2 is 1.83 bits per heavy atom. The number of carbonyl (C=O) groups is 2. The number of nitrogens with zero attached hydrogens (tertiary/aromatic N) is 3. The summed E-state index contributed by atoms with van der Waals surface area (Å²) in [4.78, 5) is 43.0. The monoisotopic (exact) mass is 685 g/mol. The summed E-state index contributed by atoms with van der Waals surface area (Å²) in [6.07, 6.45) is 6.70. The van der Waals surface area contributed by atoms with E-state index >= 15 is 0 Å². The molecule has 3 aromatic rings. The lowest BCUT2D eigenvalue weighted by molar-refractivity contribution is 0.0590. The van der Waals surface area contributed by atoms with Gasteiger partial charge in [0, 0.05) is 29.3 Å². The van der Waals surface area contributed by atoms with Crippen molar-refractivity contribution >= 4 is 34.3 Å². The van der Waals surface area contributed by atoms with Crippen molar-refractivity contribution in [1.82, 2.24) is 9.58 Å². The van der Waals surface area contributed by atoms with Crippen LogP contribution in [0.25, 0.3) is 0 Å². The van der Waals surface area contributed by atoms with Gasteiger partial charge in [0.1, 0.15) is 18.6 Å². The van der Waals surface area contributed by atoms with Crippen LogP contribution in [0.1, 0.15) is 84.3 Å². The summed E-state index contributed by atoms with van der Waals surface area (Å²) in [5.74, 6) is -0.565. The number of Topliss-reactive ketones (excluding diaryl/α,β-unsaturated/α-hetero) is 1. The fourth-order valence-electron chi connectivity index (χ4n) is 6.09. The van der Waals surface area contributed by atoms with Gasteiger partial charge in [0.25, 0.3) is 5.91 Å². The predicted molar refractivity (Wildman–Crippen MR) is 169 cm³/mol. The molecule has 1 fully saturated rings. The molecule has 2 aromatic carbocycles. The van der Waals surface area contributed by atoms with Crippen LogP contribution in [0.3, 0.4) is 0 Å². The Kier molecular flexibility index (Phi) is 9.65. The van der Waals surface area contributed by atoms with Gasteiger partial charge in [0.15, 0.2) is 17.2 Å².